The first kappa shape index (κ1) is 20.2. The number of nitrogens with one attached hydrogen (secondary N) is 2. The summed E-state index contributed by atoms with van der Waals surface area (Å²) in [6.45, 7) is 2.76. The van der Waals surface area contributed by atoms with Crippen molar-refractivity contribution >= 4 is 29.9 Å². The lowest BCUT2D eigenvalue weighted by molar-refractivity contribution is -0.129. The number of carbonyl (C=O) groups excluding carboxylic acids is 2. The van der Waals surface area contributed by atoms with Gasteiger partial charge in [0.1, 0.15) is 6.04 Å². The lowest BCUT2D eigenvalue weighted by atomic mass is 9.85. The molecular weight excluding hydrogens is 362 g/mol. The maximum absolute atomic E-state index is 12.9. The zero-order valence-corrected chi connectivity index (χ0v) is 16.8. The number of halogens is 1. The number of carbonyl (C=O) groups is 2. The number of amides is 2. The van der Waals surface area contributed by atoms with E-state index < -0.39 is 6.04 Å². The third kappa shape index (κ3) is 4.30. The fourth-order valence-corrected chi connectivity index (χ4v) is 4.78. The van der Waals surface area contributed by atoms with E-state index in [-0.39, 0.29) is 30.3 Å². The molecule has 1 saturated carbocycles. The molecule has 2 saturated heterocycles. The molecule has 2 heterocycles. The zero-order valence-electron chi connectivity index (χ0n) is 15.9. The second-order valence-electron chi connectivity index (χ2n) is 8.13. The van der Waals surface area contributed by atoms with E-state index in [0.29, 0.717) is 12.0 Å². The van der Waals surface area contributed by atoms with Crippen molar-refractivity contribution in [1.82, 2.24) is 10.6 Å². The van der Waals surface area contributed by atoms with Crippen molar-refractivity contribution in [2.24, 2.45) is 5.92 Å². The summed E-state index contributed by atoms with van der Waals surface area (Å²) in [5.74, 6) is 0.651. The molecule has 0 aromatic heterocycles. The largest absolute Gasteiger partial charge is 0.343 e. The molecule has 3 fully saturated rings. The van der Waals surface area contributed by atoms with Crippen molar-refractivity contribution in [1.29, 1.82) is 0 Å². The summed E-state index contributed by atoms with van der Waals surface area (Å²) < 4.78 is 0. The molecule has 148 valence electrons. The van der Waals surface area contributed by atoms with Gasteiger partial charge in [-0.25, -0.2) is 0 Å². The van der Waals surface area contributed by atoms with E-state index in [4.69, 9.17) is 0 Å². The minimum absolute atomic E-state index is 0. The number of aryl methyl sites for hydroxylation is 1. The minimum Gasteiger partial charge on any atom is -0.343 e. The number of fused-ring (bicyclic) bond motifs is 1. The highest BCUT2D eigenvalue weighted by Crippen LogP contribution is 2.33. The summed E-state index contributed by atoms with van der Waals surface area (Å²) in [7, 11) is 0. The quantitative estimate of drug-likeness (QED) is 0.832. The smallest absolute Gasteiger partial charge is 0.249 e. The third-order valence-corrected chi connectivity index (χ3v) is 6.28. The molecule has 0 spiro atoms. The van der Waals surface area contributed by atoms with Gasteiger partial charge in [0.25, 0.3) is 0 Å². The number of hydrogen-bond acceptors (Lipinski definition) is 3. The Kier molecular flexibility index (Phi) is 6.43. The Morgan fingerprint density at radius 3 is 2.59 bits per heavy atom. The summed E-state index contributed by atoms with van der Waals surface area (Å²) in [6.07, 6.45) is 7.50. The van der Waals surface area contributed by atoms with E-state index >= 15 is 0 Å². The summed E-state index contributed by atoms with van der Waals surface area (Å²) >= 11 is 0. The van der Waals surface area contributed by atoms with Gasteiger partial charge < -0.3 is 15.5 Å². The van der Waals surface area contributed by atoms with Gasteiger partial charge in [0.05, 0.1) is 6.04 Å². The van der Waals surface area contributed by atoms with Crippen LogP contribution in [0.15, 0.2) is 24.3 Å². The molecule has 6 heteroatoms. The second kappa shape index (κ2) is 8.61. The first-order chi connectivity index (χ1) is 12.6. The van der Waals surface area contributed by atoms with Crippen molar-refractivity contribution in [3.63, 3.8) is 0 Å². The Balaban J connectivity index is 0.00000210. The second-order valence-corrected chi connectivity index (χ2v) is 8.13. The minimum atomic E-state index is -0.401. The highest BCUT2D eigenvalue weighted by Gasteiger charge is 2.40. The summed E-state index contributed by atoms with van der Waals surface area (Å²) in [4.78, 5) is 27.5. The van der Waals surface area contributed by atoms with E-state index in [0.717, 1.165) is 31.5 Å². The molecule has 2 N–H and O–H groups in total. The molecule has 1 aromatic carbocycles. The average molecular weight is 392 g/mol. The van der Waals surface area contributed by atoms with Crippen LogP contribution < -0.4 is 15.5 Å². The van der Waals surface area contributed by atoms with E-state index in [9.17, 15) is 9.59 Å². The fraction of sp³-hybridized carbons (Fsp3) is 0.619. The molecule has 0 radical (unpaired) electrons. The molecule has 3 aliphatic rings. The van der Waals surface area contributed by atoms with Crippen LogP contribution in [0.25, 0.3) is 0 Å². The molecule has 1 aliphatic carbocycles. The maximum Gasteiger partial charge on any atom is 0.249 e. The summed E-state index contributed by atoms with van der Waals surface area (Å²) in [6, 6.07) is 7.98. The van der Waals surface area contributed by atoms with Crippen LogP contribution in [0.3, 0.4) is 0 Å². The van der Waals surface area contributed by atoms with Gasteiger partial charge in [-0.15, -0.1) is 12.4 Å². The molecule has 5 nitrogen and oxygen atoms in total. The van der Waals surface area contributed by atoms with Crippen molar-refractivity contribution in [2.45, 2.75) is 70.0 Å². The monoisotopic (exact) mass is 391 g/mol. The van der Waals surface area contributed by atoms with Gasteiger partial charge in [-0.3, -0.25) is 9.59 Å². The molecule has 0 bridgehead atoms. The van der Waals surface area contributed by atoms with E-state index in [2.05, 4.69) is 10.6 Å². The van der Waals surface area contributed by atoms with E-state index in [1.807, 2.05) is 36.1 Å². The topological polar surface area (TPSA) is 61.4 Å². The number of rotatable bonds is 3. The van der Waals surface area contributed by atoms with Gasteiger partial charge in [0.2, 0.25) is 11.8 Å². The lowest BCUT2D eigenvalue weighted by Gasteiger charge is -2.33. The fourth-order valence-electron chi connectivity index (χ4n) is 4.78. The first-order valence-corrected chi connectivity index (χ1v) is 10.1. The van der Waals surface area contributed by atoms with Crippen LogP contribution in [0.2, 0.25) is 0 Å². The first-order valence-electron chi connectivity index (χ1n) is 10.1. The maximum atomic E-state index is 12.9. The van der Waals surface area contributed by atoms with Crippen LogP contribution in [-0.2, 0) is 9.59 Å². The number of hydrogen-bond donors (Lipinski definition) is 2. The molecule has 4 rings (SSSR count). The number of benzene rings is 1. The van der Waals surface area contributed by atoms with Crippen molar-refractivity contribution in [3.05, 3.63) is 29.8 Å². The predicted octanol–water partition coefficient (Wildman–Crippen LogP) is 2.95. The van der Waals surface area contributed by atoms with Crippen LogP contribution in [-0.4, -0.2) is 36.5 Å². The van der Waals surface area contributed by atoms with Gasteiger partial charge in [-0.1, -0.05) is 30.5 Å². The van der Waals surface area contributed by atoms with E-state index in [1.165, 1.54) is 31.2 Å². The SMILES string of the molecule is Cc1ccc(N2CCCC(NC(=O)C3CC4CCCCC4N3)C2=O)cc1.Cl. The van der Waals surface area contributed by atoms with Gasteiger partial charge in [0, 0.05) is 18.3 Å². The highest BCUT2D eigenvalue weighted by molar-refractivity contribution is 6.00. The predicted molar refractivity (Wildman–Crippen MR) is 109 cm³/mol. The van der Waals surface area contributed by atoms with Crippen molar-refractivity contribution in [2.75, 3.05) is 11.4 Å². The zero-order chi connectivity index (χ0) is 18.1. The standard InChI is InChI=1S/C21H29N3O2.ClH/c1-14-8-10-16(11-9-14)24-12-4-7-18(21(24)26)23-20(25)19-13-15-5-2-3-6-17(15)22-19;/h8-11,15,17-19,22H,2-7,12-13H2,1H3,(H,23,25);1H. The Morgan fingerprint density at radius 1 is 1.11 bits per heavy atom. The van der Waals surface area contributed by atoms with Crippen LogP contribution in [0.5, 0.6) is 0 Å². The van der Waals surface area contributed by atoms with Crippen molar-refractivity contribution < 1.29 is 9.59 Å². The van der Waals surface area contributed by atoms with Crippen LogP contribution in [0, 0.1) is 12.8 Å². The number of nitrogens with zero attached hydrogens (tertiary/aromatic N) is 1. The Labute approximate surface area is 167 Å². The normalized spacial score (nSPS) is 30.4. The Hall–Kier alpha value is -1.59. The molecule has 2 aliphatic heterocycles. The highest BCUT2D eigenvalue weighted by atomic mass is 35.5. The number of piperidine rings is 1. The molecule has 4 atom stereocenters. The van der Waals surface area contributed by atoms with Crippen LogP contribution >= 0.6 is 12.4 Å². The van der Waals surface area contributed by atoms with Crippen molar-refractivity contribution in [3.8, 4) is 0 Å². The summed E-state index contributed by atoms with van der Waals surface area (Å²) in [5.41, 5.74) is 2.10. The third-order valence-electron chi connectivity index (χ3n) is 6.28. The molecule has 2 amide bonds. The Morgan fingerprint density at radius 2 is 1.85 bits per heavy atom. The molecule has 1 aromatic rings. The summed E-state index contributed by atoms with van der Waals surface area (Å²) in [5, 5.41) is 6.55. The molecule has 27 heavy (non-hydrogen) atoms. The van der Waals surface area contributed by atoms with Gasteiger partial charge >= 0.3 is 0 Å². The molecule has 4 unspecified atom stereocenters. The number of anilines is 1. The lowest BCUT2D eigenvalue weighted by Crippen LogP contribution is -2.55. The van der Waals surface area contributed by atoms with E-state index in [1.54, 1.807) is 0 Å². The van der Waals surface area contributed by atoms with Gasteiger partial charge in [-0.05, 0) is 57.1 Å². The van der Waals surface area contributed by atoms with Crippen LogP contribution in [0.1, 0.15) is 50.5 Å². The average Bonchev–Trinajstić information content (AvgIpc) is 3.09. The molecular formula is C21H30ClN3O2. The van der Waals surface area contributed by atoms with Gasteiger partial charge in [-0.2, -0.15) is 0 Å². The van der Waals surface area contributed by atoms with Gasteiger partial charge in [0.15, 0.2) is 0 Å². The Bertz CT molecular complexity index is 665. The van der Waals surface area contributed by atoms with Crippen LogP contribution in [0.4, 0.5) is 5.69 Å².